The Labute approximate surface area is 101 Å². The predicted octanol–water partition coefficient (Wildman–Crippen LogP) is 2.53. The number of aryl methyl sites for hydroxylation is 1. The van der Waals surface area contributed by atoms with E-state index >= 15 is 0 Å². The highest BCUT2D eigenvalue weighted by atomic mass is 32.1. The van der Waals surface area contributed by atoms with Crippen molar-refractivity contribution >= 4 is 11.3 Å². The molecule has 0 radical (unpaired) electrons. The van der Waals surface area contributed by atoms with E-state index in [2.05, 4.69) is 31.1 Å². The van der Waals surface area contributed by atoms with Gasteiger partial charge in [0.05, 0.1) is 17.3 Å². The molecular weight excluding hydrogens is 220 g/mol. The van der Waals surface area contributed by atoms with Crippen molar-refractivity contribution in [3.8, 4) is 0 Å². The molecule has 4 heteroatoms. The maximum absolute atomic E-state index is 5.56. The molecule has 1 fully saturated rings. The van der Waals surface area contributed by atoms with Crippen LogP contribution in [0.15, 0.2) is 5.51 Å². The molecule has 90 valence electrons. The summed E-state index contributed by atoms with van der Waals surface area (Å²) < 4.78 is 5.56. The summed E-state index contributed by atoms with van der Waals surface area (Å²) in [5.41, 5.74) is 3.07. The van der Waals surface area contributed by atoms with Crippen LogP contribution in [0.2, 0.25) is 0 Å². The molecule has 0 amide bonds. The fourth-order valence-electron chi connectivity index (χ4n) is 2.19. The van der Waals surface area contributed by atoms with Gasteiger partial charge in [-0.15, -0.1) is 11.3 Å². The van der Waals surface area contributed by atoms with Crippen molar-refractivity contribution in [3.05, 3.63) is 16.1 Å². The number of nitrogens with one attached hydrogen (secondary N) is 1. The second-order valence-corrected chi connectivity index (χ2v) is 5.44. The molecule has 0 aromatic carbocycles. The zero-order valence-electron chi connectivity index (χ0n) is 10.2. The lowest BCUT2D eigenvalue weighted by Gasteiger charge is -2.18. The second kappa shape index (κ2) is 5.25. The standard InChI is InChI=1S/C12H20N2OS/c1-8(12-9(2)14-7-16-12)13-6-11-4-5-15-10(11)3/h7-8,10-11,13H,4-6H2,1-3H3. The van der Waals surface area contributed by atoms with Crippen LogP contribution in [0.1, 0.15) is 36.9 Å². The molecule has 0 spiro atoms. The van der Waals surface area contributed by atoms with Crippen LogP contribution >= 0.6 is 11.3 Å². The minimum absolute atomic E-state index is 0.403. The Morgan fingerprint density at radius 1 is 1.69 bits per heavy atom. The number of hydrogen-bond acceptors (Lipinski definition) is 4. The molecule has 1 aliphatic heterocycles. The summed E-state index contributed by atoms with van der Waals surface area (Å²) in [4.78, 5) is 5.64. The summed E-state index contributed by atoms with van der Waals surface area (Å²) in [5.74, 6) is 0.663. The summed E-state index contributed by atoms with van der Waals surface area (Å²) in [6.07, 6.45) is 1.59. The van der Waals surface area contributed by atoms with Gasteiger partial charge < -0.3 is 10.1 Å². The first kappa shape index (κ1) is 12.0. The average Bonchev–Trinajstić information content (AvgIpc) is 2.84. The van der Waals surface area contributed by atoms with Gasteiger partial charge >= 0.3 is 0 Å². The van der Waals surface area contributed by atoms with E-state index in [1.807, 2.05) is 5.51 Å². The van der Waals surface area contributed by atoms with E-state index in [4.69, 9.17) is 4.74 Å². The molecule has 3 unspecified atom stereocenters. The Morgan fingerprint density at radius 3 is 3.06 bits per heavy atom. The summed E-state index contributed by atoms with van der Waals surface area (Å²) in [6.45, 7) is 8.41. The van der Waals surface area contributed by atoms with E-state index in [-0.39, 0.29) is 0 Å². The Kier molecular flexibility index (Phi) is 3.95. The normalized spacial score (nSPS) is 27.2. The maximum Gasteiger partial charge on any atom is 0.0798 e. The third kappa shape index (κ3) is 2.62. The van der Waals surface area contributed by atoms with Gasteiger partial charge in [0.2, 0.25) is 0 Å². The molecule has 1 aliphatic rings. The lowest BCUT2D eigenvalue weighted by atomic mass is 10.0. The topological polar surface area (TPSA) is 34.2 Å². The predicted molar refractivity (Wildman–Crippen MR) is 66.8 cm³/mol. The van der Waals surface area contributed by atoms with Crippen LogP contribution in [0.4, 0.5) is 0 Å². The van der Waals surface area contributed by atoms with Gasteiger partial charge in [-0.3, -0.25) is 0 Å². The second-order valence-electron chi connectivity index (χ2n) is 4.56. The van der Waals surface area contributed by atoms with Crippen molar-refractivity contribution < 1.29 is 4.74 Å². The van der Waals surface area contributed by atoms with Gasteiger partial charge in [-0.25, -0.2) is 4.98 Å². The number of nitrogens with zero attached hydrogens (tertiary/aromatic N) is 1. The zero-order valence-corrected chi connectivity index (χ0v) is 11.0. The smallest absolute Gasteiger partial charge is 0.0798 e. The molecule has 2 rings (SSSR count). The lowest BCUT2D eigenvalue weighted by Crippen LogP contribution is -2.29. The van der Waals surface area contributed by atoms with Gasteiger partial charge in [-0.1, -0.05) is 0 Å². The number of hydrogen-bond donors (Lipinski definition) is 1. The highest BCUT2D eigenvalue weighted by Gasteiger charge is 2.24. The third-order valence-corrected chi connectivity index (χ3v) is 4.51. The molecule has 1 aromatic rings. The van der Waals surface area contributed by atoms with E-state index in [0.29, 0.717) is 18.1 Å². The first-order chi connectivity index (χ1) is 7.68. The Bertz CT molecular complexity index is 340. The monoisotopic (exact) mass is 240 g/mol. The van der Waals surface area contributed by atoms with Crippen LogP contribution in [0.5, 0.6) is 0 Å². The Morgan fingerprint density at radius 2 is 2.50 bits per heavy atom. The summed E-state index contributed by atoms with van der Waals surface area (Å²) >= 11 is 1.74. The molecule has 0 bridgehead atoms. The Balaban J connectivity index is 1.84. The first-order valence-corrected chi connectivity index (χ1v) is 6.81. The summed E-state index contributed by atoms with van der Waals surface area (Å²) in [5, 5.41) is 3.59. The molecule has 3 atom stereocenters. The SMILES string of the molecule is Cc1ncsc1C(C)NCC1CCOC1C. The highest BCUT2D eigenvalue weighted by Crippen LogP contribution is 2.23. The van der Waals surface area contributed by atoms with E-state index in [1.54, 1.807) is 11.3 Å². The van der Waals surface area contributed by atoms with Crippen LogP contribution in [0.25, 0.3) is 0 Å². The number of rotatable bonds is 4. The van der Waals surface area contributed by atoms with E-state index in [1.165, 1.54) is 11.3 Å². The first-order valence-electron chi connectivity index (χ1n) is 5.93. The molecule has 1 N–H and O–H groups in total. The minimum atomic E-state index is 0.403. The van der Waals surface area contributed by atoms with Gasteiger partial charge in [0.25, 0.3) is 0 Å². The van der Waals surface area contributed by atoms with Crippen LogP contribution in [-0.4, -0.2) is 24.2 Å². The molecule has 0 saturated carbocycles. The Hall–Kier alpha value is -0.450. The van der Waals surface area contributed by atoms with Crippen LogP contribution in [0, 0.1) is 12.8 Å². The van der Waals surface area contributed by atoms with Crippen molar-refractivity contribution in [1.29, 1.82) is 0 Å². The highest BCUT2D eigenvalue weighted by molar-refractivity contribution is 7.09. The number of ether oxygens (including phenoxy) is 1. The van der Waals surface area contributed by atoms with Gasteiger partial charge in [0, 0.05) is 24.1 Å². The van der Waals surface area contributed by atoms with Gasteiger partial charge in [-0.2, -0.15) is 0 Å². The van der Waals surface area contributed by atoms with Crippen LogP contribution < -0.4 is 5.32 Å². The molecule has 3 nitrogen and oxygen atoms in total. The molecule has 1 aromatic heterocycles. The van der Waals surface area contributed by atoms with Crippen molar-refractivity contribution in [2.24, 2.45) is 5.92 Å². The van der Waals surface area contributed by atoms with Gasteiger partial charge in [-0.05, 0) is 33.1 Å². The lowest BCUT2D eigenvalue weighted by molar-refractivity contribution is 0.105. The van der Waals surface area contributed by atoms with Crippen LogP contribution in [0.3, 0.4) is 0 Å². The maximum atomic E-state index is 5.56. The number of aromatic nitrogens is 1. The third-order valence-electron chi connectivity index (χ3n) is 3.40. The zero-order chi connectivity index (χ0) is 11.5. The largest absolute Gasteiger partial charge is 0.378 e. The molecule has 16 heavy (non-hydrogen) atoms. The van der Waals surface area contributed by atoms with Crippen molar-refractivity contribution in [2.45, 2.75) is 39.3 Å². The van der Waals surface area contributed by atoms with Gasteiger partial charge in [0.1, 0.15) is 0 Å². The van der Waals surface area contributed by atoms with Crippen molar-refractivity contribution in [3.63, 3.8) is 0 Å². The minimum Gasteiger partial charge on any atom is -0.378 e. The fourth-order valence-corrected chi connectivity index (χ4v) is 3.03. The molecule has 2 heterocycles. The van der Waals surface area contributed by atoms with E-state index in [0.717, 1.165) is 18.8 Å². The number of thiazole rings is 1. The summed E-state index contributed by atoms with van der Waals surface area (Å²) in [7, 11) is 0. The van der Waals surface area contributed by atoms with Crippen molar-refractivity contribution in [1.82, 2.24) is 10.3 Å². The average molecular weight is 240 g/mol. The van der Waals surface area contributed by atoms with E-state index in [9.17, 15) is 0 Å². The van der Waals surface area contributed by atoms with Crippen LogP contribution in [-0.2, 0) is 4.74 Å². The van der Waals surface area contributed by atoms with Gasteiger partial charge in [0.15, 0.2) is 0 Å². The van der Waals surface area contributed by atoms with E-state index < -0.39 is 0 Å². The molecule has 1 saturated heterocycles. The quantitative estimate of drug-likeness (QED) is 0.878. The molecule has 0 aliphatic carbocycles. The fraction of sp³-hybridized carbons (Fsp3) is 0.750. The summed E-state index contributed by atoms with van der Waals surface area (Å²) in [6, 6.07) is 0.403. The van der Waals surface area contributed by atoms with Crippen molar-refractivity contribution in [2.75, 3.05) is 13.2 Å². The molecular formula is C12H20N2OS.